The second-order valence-electron chi connectivity index (χ2n) is 6.50. The van der Waals surface area contributed by atoms with Crippen LogP contribution >= 0.6 is 0 Å². The molecule has 27 heavy (non-hydrogen) atoms. The number of carbonyl (C=O) groups is 1. The van der Waals surface area contributed by atoms with Gasteiger partial charge in [0.15, 0.2) is 5.69 Å². The number of rotatable bonds is 4. The zero-order valence-electron chi connectivity index (χ0n) is 15.6. The standard InChI is InChI=1S/C18H23N3O5S/c1-13-11-15(5-6-17(13)25-3)27(23,24)21-8-4-7-20(9-10-21)18(22)16-12-14(2)26-19-16/h5-6,11-12H,4,7-10H2,1-3H3. The van der Waals surface area contributed by atoms with E-state index in [1.165, 1.54) is 4.31 Å². The van der Waals surface area contributed by atoms with Crippen molar-refractivity contribution in [2.45, 2.75) is 25.2 Å². The molecule has 1 saturated heterocycles. The topological polar surface area (TPSA) is 93.0 Å². The Hall–Kier alpha value is -2.39. The first-order valence-corrected chi connectivity index (χ1v) is 10.1. The quantitative estimate of drug-likeness (QED) is 0.787. The van der Waals surface area contributed by atoms with Gasteiger partial charge in [0.25, 0.3) is 5.91 Å². The van der Waals surface area contributed by atoms with Crippen LogP contribution in [0.4, 0.5) is 0 Å². The zero-order chi connectivity index (χ0) is 19.6. The molecule has 3 rings (SSSR count). The Morgan fingerprint density at radius 3 is 2.56 bits per heavy atom. The Morgan fingerprint density at radius 1 is 1.15 bits per heavy atom. The smallest absolute Gasteiger partial charge is 0.276 e. The first kappa shape index (κ1) is 19.4. The van der Waals surface area contributed by atoms with E-state index in [0.29, 0.717) is 37.6 Å². The number of aryl methyl sites for hydroxylation is 2. The fourth-order valence-corrected chi connectivity index (χ4v) is 4.68. The van der Waals surface area contributed by atoms with Gasteiger partial charge in [0, 0.05) is 32.2 Å². The summed E-state index contributed by atoms with van der Waals surface area (Å²) in [7, 11) is -2.09. The molecule has 0 aliphatic carbocycles. The minimum atomic E-state index is -3.64. The number of sulfonamides is 1. The van der Waals surface area contributed by atoms with E-state index >= 15 is 0 Å². The molecule has 146 valence electrons. The van der Waals surface area contributed by atoms with Gasteiger partial charge in [-0.1, -0.05) is 5.16 Å². The third-order valence-electron chi connectivity index (χ3n) is 4.59. The summed E-state index contributed by atoms with van der Waals surface area (Å²) in [6.45, 7) is 4.89. The minimum Gasteiger partial charge on any atom is -0.496 e. The molecule has 0 spiro atoms. The maximum absolute atomic E-state index is 13.0. The van der Waals surface area contributed by atoms with Gasteiger partial charge < -0.3 is 14.2 Å². The largest absolute Gasteiger partial charge is 0.496 e. The second-order valence-corrected chi connectivity index (χ2v) is 8.44. The molecule has 1 aliphatic rings. The Kier molecular flexibility index (Phi) is 5.52. The molecule has 0 unspecified atom stereocenters. The van der Waals surface area contributed by atoms with Crippen molar-refractivity contribution in [1.82, 2.24) is 14.4 Å². The highest BCUT2D eigenvalue weighted by molar-refractivity contribution is 7.89. The first-order valence-electron chi connectivity index (χ1n) is 8.70. The van der Waals surface area contributed by atoms with E-state index in [-0.39, 0.29) is 23.0 Å². The summed E-state index contributed by atoms with van der Waals surface area (Å²) in [6.07, 6.45) is 0.553. The maximum atomic E-state index is 13.0. The molecule has 9 heteroatoms. The lowest BCUT2D eigenvalue weighted by molar-refractivity contribution is 0.0754. The van der Waals surface area contributed by atoms with Crippen molar-refractivity contribution in [2.75, 3.05) is 33.3 Å². The number of benzene rings is 1. The number of hydrogen-bond acceptors (Lipinski definition) is 6. The molecule has 1 aliphatic heterocycles. The van der Waals surface area contributed by atoms with Crippen LogP contribution in [0, 0.1) is 13.8 Å². The highest BCUT2D eigenvalue weighted by Gasteiger charge is 2.29. The summed E-state index contributed by atoms with van der Waals surface area (Å²) in [5, 5.41) is 3.75. The average Bonchev–Trinajstić information content (AvgIpc) is 2.92. The molecule has 0 radical (unpaired) electrons. The number of nitrogens with zero attached hydrogens (tertiary/aromatic N) is 3. The van der Waals surface area contributed by atoms with Crippen molar-refractivity contribution >= 4 is 15.9 Å². The van der Waals surface area contributed by atoms with E-state index in [4.69, 9.17) is 9.26 Å². The van der Waals surface area contributed by atoms with Crippen molar-refractivity contribution in [3.8, 4) is 5.75 Å². The lowest BCUT2D eigenvalue weighted by Crippen LogP contribution is -2.37. The van der Waals surface area contributed by atoms with Crippen LogP contribution in [0.1, 0.15) is 28.2 Å². The Bertz CT molecular complexity index is 938. The number of methoxy groups -OCH3 is 1. The predicted octanol–water partition coefficient (Wildman–Crippen LogP) is 1.84. The van der Waals surface area contributed by atoms with Gasteiger partial charge in [-0.3, -0.25) is 4.79 Å². The van der Waals surface area contributed by atoms with E-state index < -0.39 is 10.0 Å². The Balaban J connectivity index is 1.75. The van der Waals surface area contributed by atoms with Crippen molar-refractivity contribution in [1.29, 1.82) is 0 Å². The van der Waals surface area contributed by atoms with Crippen molar-refractivity contribution in [3.05, 3.63) is 41.3 Å². The summed E-state index contributed by atoms with van der Waals surface area (Å²) >= 11 is 0. The summed E-state index contributed by atoms with van der Waals surface area (Å²) in [5.41, 5.74) is 1.00. The van der Waals surface area contributed by atoms with Crippen LogP contribution in [0.3, 0.4) is 0 Å². The molecule has 0 atom stereocenters. The van der Waals surface area contributed by atoms with Crippen LogP contribution in [-0.4, -0.2) is 62.0 Å². The van der Waals surface area contributed by atoms with Gasteiger partial charge >= 0.3 is 0 Å². The van der Waals surface area contributed by atoms with Crippen molar-refractivity contribution in [2.24, 2.45) is 0 Å². The monoisotopic (exact) mass is 393 g/mol. The molecule has 1 amide bonds. The normalized spacial score (nSPS) is 16.2. The van der Waals surface area contributed by atoms with Gasteiger partial charge in [-0.25, -0.2) is 8.42 Å². The van der Waals surface area contributed by atoms with Gasteiger partial charge in [0.05, 0.1) is 12.0 Å². The lowest BCUT2D eigenvalue weighted by atomic mass is 10.2. The molecule has 2 heterocycles. The van der Waals surface area contributed by atoms with Gasteiger partial charge in [0.1, 0.15) is 11.5 Å². The van der Waals surface area contributed by atoms with Gasteiger partial charge in [-0.05, 0) is 44.0 Å². The van der Waals surface area contributed by atoms with Crippen LogP contribution in [0.5, 0.6) is 5.75 Å². The first-order chi connectivity index (χ1) is 12.8. The molecular formula is C18H23N3O5S. The molecule has 0 saturated carbocycles. The summed E-state index contributed by atoms with van der Waals surface area (Å²) in [5.74, 6) is 0.961. The van der Waals surface area contributed by atoms with Crippen LogP contribution in [0.25, 0.3) is 0 Å². The van der Waals surface area contributed by atoms with Crippen LogP contribution < -0.4 is 4.74 Å². The van der Waals surface area contributed by atoms with Crippen LogP contribution in [-0.2, 0) is 10.0 Å². The van der Waals surface area contributed by atoms with E-state index in [2.05, 4.69) is 5.16 Å². The number of ether oxygens (including phenoxy) is 1. The molecule has 8 nitrogen and oxygen atoms in total. The van der Waals surface area contributed by atoms with Crippen molar-refractivity contribution in [3.63, 3.8) is 0 Å². The highest BCUT2D eigenvalue weighted by atomic mass is 32.2. The molecule has 0 bridgehead atoms. The number of carbonyl (C=O) groups excluding carboxylic acids is 1. The van der Waals surface area contributed by atoms with E-state index in [1.54, 1.807) is 50.1 Å². The van der Waals surface area contributed by atoms with E-state index in [9.17, 15) is 13.2 Å². The molecule has 0 N–H and O–H groups in total. The molecule has 1 aromatic carbocycles. The fraction of sp³-hybridized carbons (Fsp3) is 0.444. The Labute approximate surface area is 158 Å². The maximum Gasteiger partial charge on any atom is 0.276 e. The lowest BCUT2D eigenvalue weighted by Gasteiger charge is -2.21. The van der Waals surface area contributed by atoms with E-state index in [0.717, 1.165) is 5.56 Å². The number of hydrogen-bond donors (Lipinski definition) is 0. The van der Waals surface area contributed by atoms with Gasteiger partial charge in [0.2, 0.25) is 10.0 Å². The Morgan fingerprint density at radius 2 is 1.93 bits per heavy atom. The molecule has 1 aromatic heterocycles. The van der Waals surface area contributed by atoms with E-state index in [1.807, 2.05) is 0 Å². The second kappa shape index (κ2) is 7.69. The SMILES string of the molecule is COc1ccc(S(=O)(=O)N2CCCN(C(=O)c3cc(C)on3)CC2)cc1C. The number of aromatic nitrogens is 1. The van der Waals surface area contributed by atoms with Crippen LogP contribution in [0.15, 0.2) is 33.7 Å². The summed E-state index contributed by atoms with van der Waals surface area (Å²) in [6, 6.07) is 6.40. The third kappa shape index (κ3) is 3.98. The van der Waals surface area contributed by atoms with Gasteiger partial charge in [-0.15, -0.1) is 0 Å². The zero-order valence-corrected chi connectivity index (χ0v) is 16.5. The molecule has 2 aromatic rings. The average molecular weight is 393 g/mol. The fourth-order valence-electron chi connectivity index (χ4n) is 3.13. The predicted molar refractivity (Wildman–Crippen MR) is 98.3 cm³/mol. The van der Waals surface area contributed by atoms with Crippen molar-refractivity contribution < 1.29 is 22.5 Å². The summed E-state index contributed by atoms with van der Waals surface area (Å²) in [4.78, 5) is 14.4. The molecular weight excluding hydrogens is 370 g/mol. The summed E-state index contributed by atoms with van der Waals surface area (Å²) < 4.78 is 37.6. The van der Waals surface area contributed by atoms with Gasteiger partial charge in [-0.2, -0.15) is 4.31 Å². The highest BCUT2D eigenvalue weighted by Crippen LogP contribution is 2.24. The minimum absolute atomic E-state index is 0.229. The van der Waals surface area contributed by atoms with Crippen LogP contribution in [0.2, 0.25) is 0 Å². The third-order valence-corrected chi connectivity index (χ3v) is 6.49. The number of amides is 1. The molecule has 1 fully saturated rings.